The Balaban J connectivity index is 2.21. The van der Waals surface area contributed by atoms with Gasteiger partial charge in [0.05, 0.1) is 0 Å². The Morgan fingerprint density at radius 1 is 1.19 bits per heavy atom. The van der Waals surface area contributed by atoms with Crippen LogP contribution in [0.5, 0.6) is 0 Å². The minimum absolute atomic E-state index is 0.105. The monoisotopic (exact) mass is 308 g/mol. The molecule has 0 aliphatic heterocycles. The van der Waals surface area contributed by atoms with Gasteiger partial charge in [0.25, 0.3) is 10.0 Å². The topological polar surface area (TPSA) is 72.2 Å². The smallest absolute Gasteiger partial charge is 0.267 e. The highest BCUT2D eigenvalue weighted by atomic mass is 32.2. The van der Waals surface area contributed by atoms with Crippen molar-refractivity contribution in [1.82, 2.24) is 5.16 Å². The summed E-state index contributed by atoms with van der Waals surface area (Å²) < 4.78 is 32.2. The highest BCUT2D eigenvalue weighted by Gasteiger charge is 2.24. The summed E-state index contributed by atoms with van der Waals surface area (Å²) in [5, 5.41) is 3.68. The van der Waals surface area contributed by atoms with E-state index in [9.17, 15) is 8.42 Å². The van der Waals surface area contributed by atoms with Gasteiger partial charge in [0.15, 0.2) is 10.7 Å². The molecule has 1 aromatic heterocycles. The van der Waals surface area contributed by atoms with E-state index in [0.29, 0.717) is 17.3 Å². The van der Waals surface area contributed by atoms with Crippen molar-refractivity contribution < 1.29 is 12.9 Å². The van der Waals surface area contributed by atoms with Gasteiger partial charge in [-0.15, -0.1) is 0 Å². The normalized spacial score (nSPS) is 11.9. The van der Waals surface area contributed by atoms with Crippen LogP contribution < -0.4 is 4.72 Å². The summed E-state index contributed by atoms with van der Waals surface area (Å²) >= 11 is 0. The van der Waals surface area contributed by atoms with Crippen LogP contribution in [0.3, 0.4) is 0 Å². The fourth-order valence-corrected chi connectivity index (χ4v) is 3.64. The maximum absolute atomic E-state index is 12.4. The summed E-state index contributed by atoms with van der Waals surface area (Å²) in [5.74, 6) is 0.853. The van der Waals surface area contributed by atoms with Crippen molar-refractivity contribution in [2.75, 3.05) is 4.72 Å². The third kappa shape index (κ3) is 3.64. The number of benzene rings is 1. The Bertz CT molecular complexity index is 696. The molecule has 0 radical (unpaired) electrons. The van der Waals surface area contributed by atoms with Gasteiger partial charge in [-0.3, -0.25) is 4.72 Å². The maximum Gasteiger partial charge on any atom is 0.267 e. The molecule has 0 unspecified atom stereocenters. The highest BCUT2D eigenvalue weighted by molar-refractivity contribution is 7.92. The standard InChI is InChI=1S/C15H20N2O3S/c1-10(2)9-13-5-7-14(8-6-13)17-21(18,19)15-11(3)16-20-12(15)4/h5-8,10,17H,9H2,1-4H3. The van der Waals surface area contributed by atoms with Gasteiger partial charge in [-0.25, -0.2) is 8.42 Å². The minimum atomic E-state index is -3.67. The Kier molecular flexibility index (Phi) is 4.37. The van der Waals surface area contributed by atoms with Crippen LogP contribution >= 0.6 is 0 Å². The Morgan fingerprint density at radius 2 is 1.81 bits per heavy atom. The average Bonchev–Trinajstić information content (AvgIpc) is 2.71. The van der Waals surface area contributed by atoms with E-state index in [1.165, 1.54) is 5.56 Å². The molecule has 6 heteroatoms. The summed E-state index contributed by atoms with van der Waals surface area (Å²) in [6.07, 6.45) is 0.969. The quantitative estimate of drug-likeness (QED) is 0.920. The van der Waals surface area contributed by atoms with Crippen LogP contribution in [0, 0.1) is 19.8 Å². The molecule has 0 saturated carbocycles. The fraction of sp³-hybridized carbons (Fsp3) is 0.400. The first-order valence-electron chi connectivity index (χ1n) is 6.84. The van der Waals surface area contributed by atoms with Gasteiger partial charge in [-0.2, -0.15) is 0 Å². The van der Waals surface area contributed by atoms with Gasteiger partial charge >= 0.3 is 0 Å². The average molecular weight is 308 g/mol. The number of sulfonamides is 1. The van der Waals surface area contributed by atoms with Gasteiger partial charge in [-0.05, 0) is 43.9 Å². The molecule has 2 aromatic rings. The lowest BCUT2D eigenvalue weighted by Gasteiger charge is -2.09. The minimum Gasteiger partial charge on any atom is -0.360 e. The summed E-state index contributed by atoms with van der Waals surface area (Å²) in [4.78, 5) is 0.105. The van der Waals surface area contributed by atoms with Gasteiger partial charge in [-0.1, -0.05) is 31.1 Å². The molecule has 2 rings (SSSR count). The molecule has 0 amide bonds. The zero-order valence-electron chi connectivity index (χ0n) is 12.7. The van der Waals surface area contributed by atoms with E-state index in [1.54, 1.807) is 26.0 Å². The lowest BCUT2D eigenvalue weighted by molar-refractivity contribution is 0.390. The van der Waals surface area contributed by atoms with Crippen LogP contribution in [0.15, 0.2) is 33.7 Å². The number of nitrogens with zero attached hydrogens (tertiary/aromatic N) is 1. The van der Waals surface area contributed by atoms with Crippen molar-refractivity contribution in [1.29, 1.82) is 0 Å². The van der Waals surface area contributed by atoms with E-state index in [0.717, 1.165) is 6.42 Å². The molecule has 0 atom stereocenters. The predicted octanol–water partition coefficient (Wildman–Crippen LogP) is 3.29. The SMILES string of the molecule is Cc1noc(C)c1S(=O)(=O)Nc1ccc(CC(C)C)cc1. The maximum atomic E-state index is 12.4. The molecule has 1 N–H and O–H groups in total. The van der Waals surface area contributed by atoms with Crippen LogP contribution in [0.2, 0.25) is 0 Å². The second-order valence-corrected chi connectivity index (χ2v) is 7.17. The van der Waals surface area contributed by atoms with E-state index in [1.807, 2.05) is 12.1 Å². The second kappa shape index (κ2) is 5.89. The Labute approximate surface area is 125 Å². The van der Waals surface area contributed by atoms with Crippen molar-refractivity contribution in [2.45, 2.75) is 39.0 Å². The molecule has 1 heterocycles. The molecular weight excluding hydrogens is 288 g/mol. The molecule has 0 fully saturated rings. The van der Waals surface area contributed by atoms with Gasteiger partial charge in [0, 0.05) is 5.69 Å². The molecule has 1 aromatic carbocycles. The van der Waals surface area contributed by atoms with E-state index < -0.39 is 10.0 Å². The van der Waals surface area contributed by atoms with Crippen LogP contribution in [0.25, 0.3) is 0 Å². The first-order chi connectivity index (χ1) is 9.79. The zero-order valence-corrected chi connectivity index (χ0v) is 13.5. The van der Waals surface area contributed by atoms with Gasteiger partial charge in [0.2, 0.25) is 0 Å². The molecule has 5 nitrogen and oxygen atoms in total. The number of aromatic nitrogens is 1. The summed E-state index contributed by atoms with van der Waals surface area (Å²) in [5.41, 5.74) is 2.07. The first kappa shape index (κ1) is 15.6. The van der Waals surface area contributed by atoms with Gasteiger partial charge in [0.1, 0.15) is 5.69 Å². The van der Waals surface area contributed by atoms with Crippen LogP contribution in [-0.4, -0.2) is 13.6 Å². The second-order valence-electron chi connectivity index (χ2n) is 5.55. The Hall–Kier alpha value is -1.82. The van der Waals surface area contributed by atoms with Crippen molar-refractivity contribution in [2.24, 2.45) is 5.92 Å². The molecule has 0 bridgehead atoms. The Morgan fingerprint density at radius 3 is 2.29 bits per heavy atom. The molecule has 0 aliphatic rings. The van der Waals surface area contributed by atoms with Crippen LogP contribution in [0.4, 0.5) is 5.69 Å². The van der Waals surface area contributed by atoms with Crippen molar-refractivity contribution in [3.05, 3.63) is 41.3 Å². The van der Waals surface area contributed by atoms with E-state index in [-0.39, 0.29) is 10.7 Å². The molecule has 21 heavy (non-hydrogen) atoms. The molecule has 0 aliphatic carbocycles. The van der Waals surface area contributed by atoms with Crippen molar-refractivity contribution in [3.63, 3.8) is 0 Å². The largest absolute Gasteiger partial charge is 0.360 e. The van der Waals surface area contributed by atoms with Crippen LogP contribution in [0.1, 0.15) is 30.9 Å². The fourth-order valence-electron chi connectivity index (χ4n) is 2.24. The lowest BCUT2D eigenvalue weighted by Crippen LogP contribution is -2.14. The first-order valence-corrected chi connectivity index (χ1v) is 8.32. The van der Waals surface area contributed by atoms with Gasteiger partial charge < -0.3 is 4.52 Å². The lowest BCUT2D eigenvalue weighted by atomic mass is 10.0. The number of anilines is 1. The number of aryl methyl sites for hydroxylation is 2. The number of rotatable bonds is 5. The molecule has 114 valence electrons. The molecule has 0 saturated heterocycles. The molecule has 0 spiro atoms. The zero-order chi connectivity index (χ0) is 15.6. The summed E-state index contributed by atoms with van der Waals surface area (Å²) in [6, 6.07) is 7.41. The van der Waals surface area contributed by atoms with E-state index >= 15 is 0 Å². The highest BCUT2D eigenvalue weighted by Crippen LogP contribution is 2.22. The summed E-state index contributed by atoms with van der Waals surface area (Å²) in [7, 11) is -3.67. The number of nitrogens with one attached hydrogen (secondary N) is 1. The van der Waals surface area contributed by atoms with Crippen molar-refractivity contribution in [3.8, 4) is 0 Å². The van der Waals surface area contributed by atoms with E-state index in [2.05, 4.69) is 23.7 Å². The van der Waals surface area contributed by atoms with Crippen LogP contribution in [-0.2, 0) is 16.4 Å². The molecular formula is C15H20N2O3S. The predicted molar refractivity (Wildman–Crippen MR) is 81.8 cm³/mol. The number of hydrogen-bond donors (Lipinski definition) is 1. The van der Waals surface area contributed by atoms with E-state index in [4.69, 9.17) is 4.52 Å². The number of hydrogen-bond acceptors (Lipinski definition) is 4. The third-order valence-corrected chi connectivity index (χ3v) is 4.71. The van der Waals surface area contributed by atoms with Crippen molar-refractivity contribution >= 4 is 15.7 Å². The summed E-state index contributed by atoms with van der Waals surface area (Å²) in [6.45, 7) is 7.49. The third-order valence-electron chi connectivity index (χ3n) is 3.09.